The van der Waals surface area contributed by atoms with E-state index >= 15 is 0 Å². The zero-order valence-electron chi connectivity index (χ0n) is 13.0. The fraction of sp³-hybridized carbons (Fsp3) is 0.467. The van der Waals surface area contributed by atoms with Crippen LogP contribution >= 0.6 is 11.8 Å². The van der Waals surface area contributed by atoms with Crippen molar-refractivity contribution in [1.29, 1.82) is 0 Å². The van der Waals surface area contributed by atoms with Crippen molar-refractivity contribution in [3.63, 3.8) is 0 Å². The molecule has 0 radical (unpaired) electrons. The molecule has 5 nitrogen and oxygen atoms in total. The maximum Gasteiger partial charge on any atom is 0.194 e. The monoisotopic (exact) mass is 303 g/mol. The predicted molar refractivity (Wildman–Crippen MR) is 84.3 cm³/mol. The lowest BCUT2D eigenvalue weighted by molar-refractivity contribution is 0.778. The summed E-state index contributed by atoms with van der Waals surface area (Å²) in [6.45, 7) is 8.59. The first-order chi connectivity index (χ1) is 10.1. The summed E-state index contributed by atoms with van der Waals surface area (Å²) >= 11 is 1.44. The van der Waals surface area contributed by atoms with Gasteiger partial charge in [-0.2, -0.15) is 5.10 Å². The largest absolute Gasteiger partial charge is 0.326 e. The zero-order valence-corrected chi connectivity index (χ0v) is 13.8. The van der Waals surface area contributed by atoms with Gasteiger partial charge in [0.1, 0.15) is 5.03 Å². The van der Waals surface area contributed by atoms with Crippen LogP contribution in [0, 0.1) is 13.8 Å². The first-order valence-electron chi connectivity index (χ1n) is 7.16. The highest BCUT2D eigenvalue weighted by Gasteiger charge is 2.15. The molecule has 2 heterocycles. The Morgan fingerprint density at radius 2 is 1.67 bits per heavy atom. The van der Waals surface area contributed by atoms with Crippen molar-refractivity contribution in [3.8, 4) is 0 Å². The summed E-state index contributed by atoms with van der Waals surface area (Å²) in [6, 6.07) is 1.96. The van der Waals surface area contributed by atoms with Crippen molar-refractivity contribution in [2.45, 2.75) is 57.3 Å². The van der Waals surface area contributed by atoms with Gasteiger partial charge in [0.05, 0.1) is 5.69 Å². The first kappa shape index (κ1) is 15.9. The molecule has 112 valence electrons. The molecule has 0 aliphatic carbocycles. The average Bonchev–Trinajstić information content (AvgIpc) is 2.45. The molecule has 0 aliphatic rings. The summed E-state index contributed by atoms with van der Waals surface area (Å²) < 4.78 is 0. The minimum Gasteiger partial charge on any atom is -0.326 e. The molecule has 0 aliphatic heterocycles. The minimum absolute atomic E-state index is 0.457. The summed E-state index contributed by atoms with van der Waals surface area (Å²) in [6.07, 6.45) is 1.78. The number of nitrogens with two attached hydrogens (primary N) is 1. The van der Waals surface area contributed by atoms with E-state index in [1.165, 1.54) is 17.3 Å². The molecule has 0 spiro atoms. The quantitative estimate of drug-likeness (QED) is 0.856. The molecule has 21 heavy (non-hydrogen) atoms. The number of nitrogens with zero attached hydrogens (tertiary/aromatic N) is 4. The molecule has 2 rings (SSSR count). The molecule has 0 saturated carbocycles. The van der Waals surface area contributed by atoms with Crippen LogP contribution in [-0.2, 0) is 19.4 Å². The van der Waals surface area contributed by atoms with Crippen LogP contribution in [-0.4, -0.2) is 20.2 Å². The lowest BCUT2D eigenvalue weighted by Gasteiger charge is -2.13. The molecular weight excluding hydrogens is 282 g/mol. The molecule has 0 bridgehead atoms. The molecule has 2 aromatic rings. The van der Waals surface area contributed by atoms with E-state index in [1.54, 1.807) is 0 Å². The lowest BCUT2D eigenvalue weighted by Crippen LogP contribution is -2.10. The molecule has 0 aromatic carbocycles. The lowest BCUT2D eigenvalue weighted by atomic mass is 10.0. The predicted octanol–water partition coefficient (Wildman–Crippen LogP) is 2.62. The molecule has 6 heteroatoms. The van der Waals surface area contributed by atoms with Crippen LogP contribution in [0.15, 0.2) is 16.2 Å². The van der Waals surface area contributed by atoms with Crippen LogP contribution in [0.2, 0.25) is 0 Å². The molecule has 0 saturated heterocycles. The molecular formula is C15H21N5S. The normalized spacial score (nSPS) is 10.9. The summed E-state index contributed by atoms with van der Waals surface area (Å²) in [5.74, 6) is 0. The van der Waals surface area contributed by atoms with Gasteiger partial charge in [-0.05, 0) is 50.1 Å². The highest BCUT2D eigenvalue weighted by molar-refractivity contribution is 7.99. The summed E-state index contributed by atoms with van der Waals surface area (Å²) in [4.78, 5) is 8.89. The van der Waals surface area contributed by atoms with Crippen LogP contribution in [0.3, 0.4) is 0 Å². The van der Waals surface area contributed by atoms with Crippen LogP contribution < -0.4 is 5.73 Å². The second-order valence-electron chi connectivity index (χ2n) is 4.86. The van der Waals surface area contributed by atoms with E-state index in [-0.39, 0.29) is 0 Å². The van der Waals surface area contributed by atoms with Crippen LogP contribution in [0.5, 0.6) is 0 Å². The van der Waals surface area contributed by atoms with E-state index in [1.807, 2.05) is 19.9 Å². The highest BCUT2D eigenvalue weighted by atomic mass is 32.2. The Morgan fingerprint density at radius 3 is 2.19 bits per heavy atom. The fourth-order valence-electron chi connectivity index (χ4n) is 2.35. The number of aromatic nitrogens is 4. The van der Waals surface area contributed by atoms with Gasteiger partial charge in [-0.3, -0.25) is 0 Å². The SMILES string of the molecule is CCc1nnc(Sc2nc(C)cc(C)n2)c(CN)c1CC. The molecule has 0 atom stereocenters. The number of hydrogen-bond donors (Lipinski definition) is 1. The third-order valence-corrected chi connectivity index (χ3v) is 4.16. The van der Waals surface area contributed by atoms with Crippen molar-refractivity contribution in [2.24, 2.45) is 5.73 Å². The summed E-state index contributed by atoms with van der Waals surface area (Å²) in [5.41, 5.74) is 11.2. The Hall–Kier alpha value is -1.53. The van der Waals surface area contributed by atoms with Crippen molar-refractivity contribution in [2.75, 3.05) is 0 Å². The molecule has 0 unspecified atom stereocenters. The third-order valence-electron chi connectivity index (χ3n) is 3.27. The molecule has 2 N–H and O–H groups in total. The van der Waals surface area contributed by atoms with Gasteiger partial charge >= 0.3 is 0 Å². The third kappa shape index (κ3) is 3.57. The molecule has 0 fully saturated rings. The molecule has 0 amide bonds. The van der Waals surface area contributed by atoms with Gasteiger partial charge in [-0.25, -0.2) is 9.97 Å². The van der Waals surface area contributed by atoms with E-state index in [0.29, 0.717) is 11.7 Å². The Balaban J connectivity index is 2.44. The highest BCUT2D eigenvalue weighted by Crippen LogP contribution is 2.29. The van der Waals surface area contributed by atoms with Gasteiger partial charge in [0.15, 0.2) is 5.16 Å². The van der Waals surface area contributed by atoms with Gasteiger partial charge in [0.2, 0.25) is 0 Å². The Morgan fingerprint density at radius 1 is 1.00 bits per heavy atom. The number of hydrogen-bond acceptors (Lipinski definition) is 6. The van der Waals surface area contributed by atoms with Gasteiger partial charge in [0, 0.05) is 23.5 Å². The van der Waals surface area contributed by atoms with E-state index in [4.69, 9.17) is 5.73 Å². The zero-order chi connectivity index (χ0) is 15.4. The number of aryl methyl sites for hydroxylation is 3. The van der Waals surface area contributed by atoms with Crippen molar-refractivity contribution >= 4 is 11.8 Å². The van der Waals surface area contributed by atoms with E-state index in [0.717, 1.165) is 40.5 Å². The van der Waals surface area contributed by atoms with Crippen molar-refractivity contribution < 1.29 is 0 Å². The van der Waals surface area contributed by atoms with E-state index in [2.05, 4.69) is 34.0 Å². The Kier molecular flexibility index (Phi) is 5.25. The minimum atomic E-state index is 0.457. The van der Waals surface area contributed by atoms with E-state index in [9.17, 15) is 0 Å². The van der Waals surface area contributed by atoms with E-state index < -0.39 is 0 Å². The second kappa shape index (κ2) is 6.95. The standard InChI is InChI=1S/C15H21N5S/c1-5-11-12(8-16)14(20-19-13(11)6-2)21-15-17-9(3)7-10(4)18-15/h7H,5-6,8,16H2,1-4H3. The Bertz CT molecular complexity index is 622. The maximum absolute atomic E-state index is 5.94. The summed E-state index contributed by atoms with van der Waals surface area (Å²) in [7, 11) is 0. The summed E-state index contributed by atoms with van der Waals surface area (Å²) in [5, 5.41) is 10.2. The Labute approximate surface area is 129 Å². The van der Waals surface area contributed by atoms with Gasteiger partial charge in [-0.15, -0.1) is 5.10 Å². The average molecular weight is 303 g/mol. The first-order valence-corrected chi connectivity index (χ1v) is 7.98. The van der Waals surface area contributed by atoms with Crippen molar-refractivity contribution in [1.82, 2.24) is 20.2 Å². The fourth-order valence-corrected chi connectivity index (χ4v) is 3.31. The van der Waals surface area contributed by atoms with Gasteiger partial charge < -0.3 is 5.73 Å². The number of rotatable bonds is 5. The topological polar surface area (TPSA) is 77.6 Å². The molecule has 2 aromatic heterocycles. The van der Waals surface area contributed by atoms with Crippen molar-refractivity contribution in [3.05, 3.63) is 34.3 Å². The van der Waals surface area contributed by atoms with Crippen LogP contribution in [0.25, 0.3) is 0 Å². The second-order valence-corrected chi connectivity index (χ2v) is 5.81. The van der Waals surface area contributed by atoms with Crippen LogP contribution in [0.4, 0.5) is 0 Å². The maximum atomic E-state index is 5.94. The smallest absolute Gasteiger partial charge is 0.194 e. The van der Waals surface area contributed by atoms with Gasteiger partial charge in [-0.1, -0.05) is 13.8 Å². The van der Waals surface area contributed by atoms with Crippen LogP contribution in [0.1, 0.15) is 42.1 Å². The van der Waals surface area contributed by atoms with Gasteiger partial charge in [0.25, 0.3) is 0 Å².